The van der Waals surface area contributed by atoms with Crippen LogP contribution in [-0.2, 0) is 14.3 Å². The van der Waals surface area contributed by atoms with Gasteiger partial charge in [-0.05, 0) is 32.1 Å². The number of carboxylic acids is 1. The molecule has 18 heavy (non-hydrogen) atoms. The molecule has 2 fully saturated rings. The first-order chi connectivity index (χ1) is 8.72. The molecule has 2 aliphatic rings. The summed E-state index contributed by atoms with van der Waals surface area (Å²) < 4.78 is 5.76. The van der Waals surface area contributed by atoms with E-state index in [2.05, 4.69) is 6.08 Å². The molecule has 1 N–H and O–H groups in total. The molecule has 0 aromatic heterocycles. The van der Waals surface area contributed by atoms with Crippen LogP contribution in [0.4, 0.5) is 0 Å². The van der Waals surface area contributed by atoms with E-state index in [0.717, 1.165) is 32.0 Å². The summed E-state index contributed by atoms with van der Waals surface area (Å²) in [5, 5.41) is 8.50. The Balaban J connectivity index is 1.71. The Labute approximate surface area is 107 Å². The van der Waals surface area contributed by atoms with Gasteiger partial charge in [0, 0.05) is 18.3 Å². The van der Waals surface area contributed by atoms with Crippen molar-refractivity contribution in [1.29, 1.82) is 0 Å². The smallest absolute Gasteiger partial charge is 0.303 e. The minimum Gasteiger partial charge on any atom is -0.481 e. The number of carboxylic acid groups (broad SMARTS) is 1. The van der Waals surface area contributed by atoms with Crippen LogP contribution in [0.25, 0.3) is 0 Å². The van der Waals surface area contributed by atoms with Gasteiger partial charge in [-0.2, -0.15) is 0 Å². The van der Waals surface area contributed by atoms with E-state index in [1.54, 1.807) is 0 Å². The van der Waals surface area contributed by atoms with Crippen LogP contribution < -0.4 is 0 Å². The van der Waals surface area contributed by atoms with Crippen molar-refractivity contribution in [2.75, 3.05) is 0 Å². The van der Waals surface area contributed by atoms with Gasteiger partial charge in [-0.15, -0.1) is 0 Å². The van der Waals surface area contributed by atoms with E-state index < -0.39 is 5.97 Å². The fourth-order valence-corrected chi connectivity index (χ4v) is 3.05. The number of carbonyl (C=O) groups is 2. The second kappa shape index (κ2) is 6.14. The van der Waals surface area contributed by atoms with Gasteiger partial charge in [0.2, 0.25) is 0 Å². The molecule has 0 amide bonds. The zero-order chi connectivity index (χ0) is 13.0. The van der Waals surface area contributed by atoms with Crippen LogP contribution in [0.15, 0.2) is 12.2 Å². The summed E-state index contributed by atoms with van der Waals surface area (Å²) in [4.78, 5) is 21.4. The topological polar surface area (TPSA) is 63.6 Å². The first kappa shape index (κ1) is 13.3. The van der Waals surface area contributed by atoms with Gasteiger partial charge in [-0.3, -0.25) is 4.79 Å². The third-order valence-electron chi connectivity index (χ3n) is 3.98. The van der Waals surface area contributed by atoms with Crippen LogP contribution in [0.1, 0.15) is 38.5 Å². The van der Waals surface area contributed by atoms with E-state index in [4.69, 9.17) is 9.84 Å². The fourth-order valence-electron chi connectivity index (χ4n) is 3.05. The zero-order valence-corrected chi connectivity index (χ0v) is 10.5. The lowest BCUT2D eigenvalue weighted by Crippen LogP contribution is -2.27. The third-order valence-corrected chi connectivity index (χ3v) is 3.98. The summed E-state index contributed by atoms with van der Waals surface area (Å²) in [6.07, 6.45) is 10.2. The molecule has 0 radical (unpaired) electrons. The van der Waals surface area contributed by atoms with E-state index in [0.29, 0.717) is 12.3 Å². The van der Waals surface area contributed by atoms with Crippen molar-refractivity contribution in [3.8, 4) is 0 Å². The van der Waals surface area contributed by atoms with Crippen molar-refractivity contribution in [3.63, 3.8) is 0 Å². The molecular formula is C14H20O4. The predicted molar refractivity (Wildman–Crippen MR) is 66.2 cm³/mol. The van der Waals surface area contributed by atoms with Crippen LogP contribution in [-0.4, -0.2) is 29.6 Å². The molecular weight excluding hydrogens is 232 g/mol. The quantitative estimate of drug-likeness (QED) is 0.428. The molecule has 2 bridgehead atoms. The fraction of sp³-hybridized carbons (Fsp3) is 0.714. The summed E-state index contributed by atoms with van der Waals surface area (Å²) in [6.45, 7) is 0. The lowest BCUT2D eigenvalue weighted by atomic mass is 9.78. The summed E-state index contributed by atoms with van der Waals surface area (Å²) in [5.74, 6) is -0.352. The van der Waals surface area contributed by atoms with Gasteiger partial charge < -0.3 is 14.6 Å². The van der Waals surface area contributed by atoms with Gasteiger partial charge >= 0.3 is 5.97 Å². The Hall–Kier alpha value is -1.16. The van der Waals surface area contributed by atoms with E-state index in [-0.39, 0.29) is 24.5 Å². The molecule has 100 valence electrons. The van der Waals surface area contributed by atoms with Gasteiger partial charge in [0.15, 0.2) is 0 Å². The Morgan fingerprint density at radius 2 is 2.06 bits per heavy atom. The molecule has 4 atom stereocenters. The van der Waals surface area contributed by atoms with Gasteiger partial charge in [0.05, 0.1) is 12.2 Å². The van der Waals surface area contributed by atoms with E-state index in [9.17, 15) is 9.59 Å². The molecule has 0 spiro atoms. The van der Waals surface area contributed by atoms with Crippen LogP contribution in [0.3, 0.4) is 0 Å². The molecule has 4 heteroatoms. The van der Waals surface area contributed by atoms with E-state index >= 15 is 0 Å². The minimum atomic E-state index is -0.745. The van der Waals surface area contributed by atoms with Gasteiger partial charge in [0.25, 0.3) is 0 Å². The zero-order valence-electron chi connectivity index (χ0n) is 10.5. The highest BCUT2D eigenvalue weighted by atomic mass is 16.5. The number of unbranched alkanes of at least 4 members (excludes halogenated alkanes) is 1. The molecule has 0 aromatic carbocycles. The van der Waals surface area contributed by atoms with Crippen molar-refractivity contribution in [2.45, 2.75) is 50.7 Å². The second-order valence-electron chi connectivity index (χ2n) is 5.16. The largest absolute Gasteiger partial charge is 0.481 e. The van der Waals surface area contributed by atoms with Crippen molar-refractivity contribution in [2.24, 2.45) is 11.8 Å². The molecule has 2 heterocycles. The molecule has 0 saturated carbocycles. The van der Waals surface area contributed by atoms with E-state index in [1.165, 1.54) is 0 Å². The van der Waals surface area contributed by atoms with Gasteiger partial charge in [0.1, 0.15) is 6.29 Å². The van der Waals surface area contributed by atoms with Crippen LogP contribution in [0, 0.1) is 11.8 Å². The molecule has 2 rings (SSSR count). The number of rotatable bonds is 7. The number of aliphatic carboxylic acids is 1. The Morgan fingerprint density at radius 3 is 2.78 bits per heavy atom. The van der Waals surface area contributed by atoms with Crippen molar-refractivity contribution in [3.05, 3.63) is 12.2 Å². The molecule has 0 aromatic rings. The predicted octanol–water partition coefficient (Wildman–Crippen LogP) is 2.18. The first-order valence-electron chi connectivity index (χ1n) is 6.70. The summed E-state index contributed by atoms with van der Waals surface area (Å²) >= 11 is 0. The highest BCUT2D eigenvalue weighted by Crippen LogP contribution is 2.44. The molecule has 0 aliphatic carbocycles. The number of aldehydes is 1. The maximum Gasteiger partial charge on any atom is 0.303 e. The first-order valence-corrected chi connectivity index (χ1v) is 6.70. The van der Waals surface area contributed by atoms with Crippen molar-refractivity contribution < 1.29 is 19.4 Å². The number of hydrogen-bond donors (Lipinski definition) is 1. The lowest BCUT2D eigenvalue weighted by Gasteiger charge is -2.22. The minimum absolute atomic E-state index is 0.0624. The number of carbonyl (C=O) groups excluding carboxylic acids is 1. The number of hydrogen-bond acceptors (Lipinski definition) is 3. The molecule has 2 saturated heterocycles. The average molecular weight is 252 g/mol. The summed E-state index contributed by atoms with van der Waals surface area (Å²) in [5.41, 5.74) is 0. The van der Waals surface area contributed by atoms with Gasteiger partial charge in [-0.1, -0.05) is 12.2 Å². The van der Waals surface area contributed by atoms with Crippen molar-refractivity contribution >= 4 is 12.3 Å². The molecule has 2 aliphatic heterocycles. The van der Waals surface area contributed by atoms with Crippen LogP contribution >= 0.6 is 0 Å². The highest BCUT2D eigenvalue weighted by molar-refractivity contribution is 5.66. The maximum absolute atomic E-state index is 11.0. The molecule has 2 unspecified atom stereocenters. The Morgan fingerprint density at radius 1 is 1.28 bits per heavy atom. The monoisotopic (exact) mass is 252 g/mol. The maximum atomic E-state index is 11.0. The third kappa shape index (κ3) is 2.99. The lowest BCUT2D eigenvalue weighted by molar-refractivity contribution is -0.137. The standard InChI is InChI=1S/C14H20O4/c15-9-11-10(12-7-8-13(11)18-12)5-3-1-2-4-6-14(16)17/h1,3,9-13H,2,4-8H2,(H,16,17)/b3-1-/t10-,11?,12+,13?/m0/s1. The average Bonchev–Trinajstić information content (AvgIpc) is 2.93. The molecule has 4 nitrogen and oxygen atoms in total. The van der Waals surface area contributed by atoms with Crippen molar-refractivity contribution in [1.82, 2.24) is 0 Å². The summed E-state index contributed by atoms with van der Waals surface area (Å²) in [6, 6.07) is 0. The number of allylic oxidation sites excluding steroid dienone is 2. The highest BCUT2D eigenvalue weighted by Gasteiger charge is 2.47. The second-order valence-corrected chi connectivity index (χ2v) is 5.16. The summed E-state index contributed by atoms with van der Waals surface area (Å²) in [7, 11) is 0. The SMILES string of the molecule is O=CC1C2CC[C@@H](O2)[C@H]1C/C=C\CCCC(=O)O. The normalized spacial score (nSPS) is 34.2. The number of fused-ring (bicyclic) bond motifs is 2. The Bertz CT molecular complexity index is 337. The van der Waals surface area contributed by atoms with Crippen LogP contribution in [0.2, 0.25) is 0 Å². The van der Waals surface area contributed by atoms with Gasteiger partial charge in [-0.25, -0.2) is 0 Å². The Kier molecular flexibility index (Phi) is 4.53. The number of ether oxygens (including phenoxy) is 1. The van der Waals surface area contributed by atoms with Crippen LogP contribution in [0.5, 0.6) is 0 Å². The van der Waals surface area contributed by atoms with E-state index in [1.807, 2.05) is 6.08 Å².